The fourth-order valence-corrected chi connectivity index (χ4v) is 4.56. The molecule has 8 nitrogen and oxygen atoms in total. The van der Waals surface area contributed by atoms with E-state index in [0.717, 1.165) is 11.3 Å². The molecule has 9 heteroatoms. The summed E-state index contributed by atoms with van der Waals surface area (Å²) in [5.41, 5.74) is 2.33. The third kappa shape index (κ3) is 4.57. The second-order valence-electron chi connectivity index (χ2n) is 6.90. The van der Waals surface area contributed by atoms with Crippen molar-refractivity contribution >= 4 is 38.9 Å². The van der Waals surface area contributed by atoms with Crippen LogP contribution in [0.15, 0.2) is 47.4 Å². The van der Waals surface area contributed by atoms with E-state index in [1.807, 2.05) is 6.92 Å². The van der Waals surface area contributed by atoms with Gasteiger partial charge in [0.2, 0.25) is 11.8 Å². The maximum Gasteiger partial charge on any atom is 0.261 e. The largest absolute Gasteiger partial charge is 0.375 e. The first kappa shape index (κ1) is 20.8. The van der Waals surface area contributed by atoms with E-state index < -0.39 is 10.0 Å². The Bertz CT molecular complexity index is 1050. The topological polar surface area (TPSA) is 105 Å². The fourth-order valence-electron chi connectivity index (χ4n) is 3.46. The molecule has 2 amide bonds. The Hall–Kier alpha value is -2.91. The summed E-state index contributed by atoms with van der Waals surface area (Å²) in [5.74, 6) is -0.410. The minimum atomic E-state index is -3.84. The molecule has 2 aromatic carbocycles. The van der Waals surface area contributed by atoms with Crippen LogP contribution in [0, 0.1) is 0 Å². The molecule has 1 aliphatic heterocycles. The number of carbonyl (C=O) groups is 2. The molecule has 1 aliphatic rings. The number of nitrogens with one attached hydrogen (secondary N) is 2. The number of carbonyl (C=O) groups excluding carboxylic acids is 2. The van der Waals surface area contributed by atoms with Gasteiger partial charge < -0.3 is 15.0 Å². The van der Waals surface area contributed by atoms with Crippen LogP contribution in [0.1, 0.15) is 19.4 Å². The van der Waals surface area contributed by atoms with E-state index in [2.05, 4.69) is 10.0 Å². The van der Waals surface area contributed by atoms with Crippen molar-refractivity contribution < 1.29 is 22.7 Å². The standard InChI is InChI=1S/C20H23N3O5S/c1-13-9-15-10-18(7-8-19(15)23(13)14(2)24)29(26,27)22-17-6-4-5-16(11-17)21-20(25)12-28-3/h4-8,10-11,13,22H,9,12H2,1-3H3,(H,21,25). The zero-order valence-corrected chi connectivity index (χ0v) is 17.2. The van der Waals surface area contributed by atoms with Gasteiger partial charge in [-0.25, -0.2) is 8.42 Å². The average Bonchev–Trinajstić information content (AvgIpc) is 2.96. The van der Waals surface area contributed by atoms with Crippen LogP contribution in [0.5, 0.6) is 0 Å². The van der Waals surface area contributed by atoms with Gasteiger partial charge in [0.25, 0.3) is 10.0 Å². The van der Waals surface area contributed by atoms with Crippen LogP contribution in [-0.2, 0) is 30.8 Å². The highest BCUT2D eigenvalue weighted by atomic mass is 32.2. The van der Waals surface area contributed by atoms with Gasteiger partial charge in [-0.3, -0.25) is 14.3 Å². The molecule has 3 rings (SSSR count). The third-order valence-corrected chi connectivity index (χ3v) is 5.97. The average molecular weight is 417 g/mol. The van der Waals surface area contributed by atoms with Gasteiger partial charge >= 0.3 is 0 Å². The van der Waals surface area contributed by atoms with Crippen molar-refractivity contribution in [3.05, 3.63) is 48.0 Å². The number of anilines is 3. The van der Waals surface area contributed by atoms with Crippen LogP contribution in [0.3, 0.4) is 0 Å². The van der Waals surface area contributed by atoms with Gasteiger partial charge in [0, 0.05) is 31.5 Å². The molecule has 0 aromatic heterocycles. The summed E-state index contributed by atoms with van der Waals surface area (Å²) in [7, 11) is -2.42. The van der Waals surface area contributed by atoms with E-state index in [-0.39, 0.29) is 29.4 Å². The molecule has 0 bridgehead atoms. The number of rotatable bonds is 6. The third-order valence-electron chi connectivity index (χ3n) is 4.59. The first-order valence-corrected chi connectivity index (χ1v) is 10.5. The molecule has 1 heterocycles. The van der Waals surface area contributed by atoms with Gasteiger partial charge in [0.15, 0.2) is 0 Å². The molecule has 1 atom stereocenters. The molecule has 154 valence electrons. The van der Waals surface area contributed by atoms with E-state index >= 15 is 0 Å². The summed E-state index contributed by atoms with van der Waals surface area (Å²) in [6.07, 6.45) is 0.597. The predicted molar refractivity (Wildman–Crippen MR) is 111 cm³/mol. The lowest BCUT2D eigenvalue weighted by Gasteiger charge is -2.20. The maximum atomic E-state index is 12.8. The van der Waals surface area contributed by atoms with Gasteiger partial charge in [0.05, 0.1) is 10.6 Å². The molecular weight excluding hydrogens is 394 g/mol. The summed E-state index contributed by atoms with van der Waals surface area (Å²) < 4.78 is 33.0. The number of benzene rings is 2. The van der Waals surface area contributed by atoms with Gasteiger partial charge in [-0.15, -0.1) is 0 Å². The number of methoxy groups -OCH3 is 1. The van der Waals surface area contributed by atoms with Crippen molar-refractivity contribution in [3.63, 3.8) is 0 Å². The zero-order chi connectivity index (χ0) is 21.2. The molecule has 0 spiro atoms. The first-order chi connectivity index (χ1) is 13.7. The minimum Gasteiger partial charge on any atom is -0.375 e. The Morgan fingerprint density at radius 2 is 1.90 bits per heavy atom. The van der Waals surface area contributed by atoms with Crippen LogP contribution in [0.4, 0.5) is 17.1 Å². The second-order valence-corrected chi connectivity index (χ2v) is 8.58. The number of ether oxygens (including phenoxy) is 1. The number of hydrogen-bond acceptors (Lipinski definition) is 5. The lowest BCUT2D eigenvalue weighted by atomic mass is 10.1. The van der Waals surface area contributed by atoms with Crippen molar-refractivity contribution in [2.75, 3.05) is 28.7 Å². The molecule has 0 fully saturated rings. The molecule has 0 saturated heterocycles. The molecule has 29 heavy (non-hydrogen) atoms. The lowest BCUT2D eigenvalue weighted by molar-refractivity contribution is -0.119. The van der Waals surface area contributed by atoms with Crippen molar-refractivity contribution in [2.24, 2.45) is 0 Å². The molecule has 2 N–H and O–H groups in total. The molecule has 0 aliphatic carbocycles. The number of nitrogens with zero attached hydrogens (tertiary/aromatic N) is 1. The highest BCUT2D eigenvalue weighted by Crippen LogP contribution is 2.34. The summed E-state index contributed by atoms with van der Waals surface area (Å²) in [4.78, 5) is 25.3. The Kier molecular flexibility index (Phi) is 5.90. The van der Waals surface area contributed by atoms with E-state index in [0.29, 0.717) is 17.8 Å². The Balaban J connectivity index is 1.82. The first-order valence-electron chi connectivity index (χ1n) is 9.05. The fraction of sp³-hybridized carbons (Fsp3) is 0.300. The molecule has 0 saturated carbocycles. The van der Waals surface area contributed by atoms with E-state index in [4.69, 9.17) is 4.74 Å². The smallest absolute Gasteiger partial charge is 0.261 e. The van der Waals surface area contributed by atoms with Gasteiger partial charge in [-0.05, 0) is 55.3 Å². The van der Waals surface area contributed by atoms with Gasteiger partial charge in [-0.2, -0.15) is 0 Å². The summed E-state index contributed by atoms with van der Waals surface area (Å²) in [5, 5.41) is 2.63. The highest BCUT2D eigenvalue weighted by Gasteiger charge is 2.30. The van der Waals surface area contributed by atoms with Crippen LogP contribution in [0.2, 0.25) is 0 Å². The van der Waals surface area contributed by atoms with Crippen LogP contribution in [0.25, 0.3) is 0 Å². The van der Waals surface area contributed by atoms with Crippen molar-refractivity contribution in [3.8, 4) is 0 Å². The van der Waals surface area contributed by atoms with Crippen LogP contribution < -0.4 is 14.9 Å². The number of amides is 2. The normalized spacial score (nSPS) is 15.7. The van der Waals surface area contributed by atoms with Crippen LogP contribution in [-0.4, -0.2) is 40.0 Å². The Morgan fingerprint density at radius 3 is 2.59 bits per heavy atom. The highest BCUT2D eigenvalue weighted by molar-refractivity contribution is 7.92. The SMILES string of the molecule is COCC(=O)Nc1cccc(NS(=O)(=O)c2ccc3c(c2)CC(C)N3C(C)=O)c1. The Labute approximate surface area is 169 Å². The van der Waals surface area contributed by atoms with Crippen molar-refractivity contribution in [1.82, 2.24) is 0 Å². The predicted octanol–water partition coefficient (Wildman–Crippen LogP) is 2.37. The lowest BCUT2D eigenvalue weighted by Crippen LogP contribution is -2.33. The second kappa shape index (κ2) is 8.22. The number of fused-ring (bicyclic) bond motifs is 1. The van der Waals surface area contributed by atoms with E-state index in [1.165, 1.54) is 26.2 Å². The summed E-state index contributed by atoms with van der Waals surface area (Å²) in [6, 6.07) is 11.1. The number of sulfonamides is 1. The molecular formula is C20H23N3O5S. The van der Waals surface area contributed by atoms with Crippen LogP contribution >= 0.6 is 0 Å². The quantitative estimate of drug-likeness (QED) is 0.751. The molecule has 2 aromatic rings. The summed E-state index contributed by atoms with van der Waals surface area (Å²) >= 11 is 0. The maximum absolute atomic E-state index is 12.8. The Morgan fingerprint density at radius 1 is 1.17 bits per heavy atom. The van der Waals surface area contributed by atoms with Crippen molar-refractivity contribution in [1.29, 1.82) is 0 Å². The zero-order valence-electron chi connectivity index (χ0n) is 16.4. The van der Waals surface area contributed by atoms with E-state index in [9.17, 15) is 18.0 Å². The molecule has 1 unspecified atom stereocenters. The minimum absolute atomic E-state index is 0.0131. The van der Waals surface area contributed by atoms with Gasteiger partial charge in [-0.1, -0.05) is 6.07 Å². The van der Waals surface area contributed by atoms with Crippen molar-refractivity contribution in [2.45, 2.75) is 31.2 Å². The number of hydrogen-bond donors (Lipinski definition) is 2. The molecule has 0 radical (unpaired) electrons. The van der Waals surface area contributed by atoms with Gasteiger partial charge in [0.1, 0.15) is 6.61 Å². The monoisotopic (exact) mass is 417 g/mol. The summed E-state index contributed by atoms with van der Waals surface area (Å²) in [6.45, 7) is 3.33. The van der Waals surface area contributed by atoms with E-state index in [1.54, 1.807) is 35.2 Å².